The number of nitrogens with one attached hydrogen (secondary N) is 1. The Morgan fingerprint density at radius 2 is 1.92 bits per heavy atom. The summed E-state index contributed by atoms with van der Waals surface area (Å²) in [5, 5.41) is 24.3. The maximum atomic E-state index is 10.9. The first-order valence-electron chi connectivity index (χ1n) is 8.34. The SMILES string of the molecule is Cc1nc(N2CCC(CO)(Nc3ccccc3)CC2)ccc1[N+](=O)[O-]. The maximum absolute atomic E-state index is 10.9. The molecule has 0 saturated carbocycles. The van der Waals surface area contributed by atoms with E-state index in [0.717, 1.165) is 37.4 Å². The number of nitrogens with zero attached hydrogens (tertiary/aromatic N) is 3. The Kier molecular flexibility index (Phi) is 4.85. The molecule has 1 aliphatic heterocycles. The van der Waals surface area contributed by atoms with Crippen LogP contribution in [0, 0.1) is 17.0 Å². The summed E-state index contributed by atoms with van der Waals surface area (Å²) in [6, 6.07) is 13.1. The Bertz CT molecular complexity index is 743. The summed E-state index contributed by atoms with van der Waals surface area (Å²) in [5.41, 5.74) is 1.10. The van der Waals surface area contributed by atoms with E-state index in [2.05, 4.69) is 15.2 Å². The minimum Gasteiger partial charge on any atom is -0.394 e. The van der Waals surface area contributed by atoms with E-state index in [-0.39, 0.29) is 17.8 Å². The van der Waals surface area contributed by atoms with Crippen molar-refractivity contribution in [2.45, 2.75) is 25.3 Å². The lowest BCUT2D eigenvalue weighted by atomic mass is 9.88. The first-order valence-corrected chi connectivity index (χ1v) is 8.34. The summed E-state index contributed by atoms with van der Waals surface area (Å²) in [6.45, 7) is 3.16. The van der Waals surface area contributed by atoms with Crippen molar-refractivity contribution >= 4 is 17.2 Å². The average molecular weight is 342 g/mol. The molecule has 0 bridgehead atoms. The highest BCUT2D eigenvalue weighted by Crippen LogP contribution is 2.30. The van der Waals surface area contributed by atoms with Crippen LogP contribution in [0.3, 0.4) is 0 Å². The van der Waals surface area contributed by atoms with Crippen LogP contribution in [-0.4, -0.2) is 40.2 Å². The van der Waals surface area contributed by atoms with E-state index >= 15 is 0 Å². The van der Waals surface area contributed by atoms with Crippen molar-refractivity contribution in [3.8, 4) is 0 Å². The molecule has 7 nitrogen and oxygen atoms in total. The number of hydrogen-bond acceptors (Lipinski definition) is 6. The fraction of sp³-hybridized carbons (Fsp3) is 0.389. The van der Waals surface area contributed by atoms with Crippen molar-refractivity contribution in [3.63, 3.8) is 0 Å². The third kappa shape index (κ3) is 3.71. The van der Waals surface area contributed by atoms with Crippen LogP contribution in [-0.2, 0) is 0 Å². The predicted octanol–water partition coefficient (Wildman–Crippen LogP) is 2.74. The van der Waals surface area contributed by atoms with Gasteiger partial charge in [0.25, 0.3) is 5.69 Å². The van der Waals surface area contributed by atoms with Crippen LogP contribution in [0.25, 0.3) is 0 Å². The number of para-hydroxylation sites is 1. The van der Waals surface area contributed by atoms with Gasteiger partial charge in [-0.25, -0.2) is 4.98 Å². The topological polar surface area (TPSA) is 91.5 Å². The van der Waals surface area contributed by atoms with Crippen molar-refractivity contribution in [1.29, 1.82) is 0 Å². The third-order valence-electron chi connectivity index (χ3n) is 4.77. The van der Waals surface area contributed by atoms with Gasteiger partial charge in [0, 0.05) is 24.8 Å². The molecular formula is C18H22N4O3. The summed E-state index contributed by atoms with van der Waals surface area (Å²) in [6.07, 6.45) is 1.52. The van der Waals surface area contributed by atoms with Crippen LogP contribution < -0.4 is 10.2 Å². The fourth-order valence-electron chi connectivity index (χ4n) is 3.22. The zero-order chi connectivity index (χ0) is 17.9. The number of aliphatic hydroxyl groups is 1. The Balaban J connectivity index is 1.70. The number of aryl methyl sites for hydroxylation is 1. The van der Waals surface area contributed by atoms with Gasteiger partial charge in [-0.15, -0.1) is 0 Å². The van der Waals surface area contributed by atoms with Gasteiger partial charge in [0.1, 0.15) is 11.5 Å². The molecule has 2 N–H and O–H groups in total. The van der Waals surface area contributed by atoms with Gasteiger partial charge in [0.05, 0.1) is 17.1 Å². The number of anilines is 2. The van der Waals surface area contributed by atoms with Crippen LogP contribution in [0.5, 0.6) is 0 Å². The molecule has 2 heterocycles. The molecule has 0 amide bonds. The number of rotatable bonds is 5. The first-order chi connectivity index (χ1) is 12.0. The van der Waals surface area contributed by atoms with Gasteiger partial charge in [-0.2, -0.15) is 0 Å². The lowest BCUT2D eigenvalue weighted by Crippen LogP contribution is -2.52. The predicted molar refractivity (Wildman–Crippen MR) is 97.0 cm³/mol. The second-order valence-electron chi connectivity index (χ2n) is 6.45. The lowest BCUT2D eigenvalue weighted by molar-refractivity contribution is -0.385. The molecule has 0 spiro atoms. The van der Waals surface area contributed by atoms with E-state index < -0.39 is 4.92 Å². The van der Waals surface area contributed by atoms with Gasteiger partial charge in [0.2, 0.25) is 0 Å². The van der Waals surface area contributed by atoms with E-state index in [1.165, 1.54) is 6.07 Å². The zero-order valence-electron chi connectivity index (χ0n) is 14.2. The molecule has 0 unspecified atom stereocenters. The summed E-state index contributed by atoms with van der Waals surface area (Å²) in [7, 11) is 0. The average Bonchev–Trinajstić information content (AvgIpc) is 2.63. The molecule has 0 aliphatic carbocycles. The molecule has 132 valence electrons. The van der Waals surface area contributed by atoms with Crippen LogP contribution in [0.2, 0.25) is 0 Å². The monoisotopic (exact) mass is 342 g/mol. The van der Waals surface area contributed by atoms with Crippen molar-refractivity contribution < 1.29 is 10.0 Å². The van der Waals surface area contributed by atoms with Gasteiger partial charge in [-0.3, -0.25) is 10.1 Å². The van der Waals surface area contributed by atoms with E-state index in [4.69, 9.17) is 0 Å². The van der Waals surface area contributed by atoms with E-state index in [1.54, 1.807) is 13.0 Å². The van der Waals surface area contributed by atoms with Crippen molar-refractivity contribution in [2.24, 2.45) is 0 Å². The second kappa shape index (κ2) is 7.06. The summed E-state index contributed by atoms with van der Waals surface area (Å²) in [4.78, 5) is 17.0. The Morgan fingerprint density at radius 1 is 1.24 bits per heavy atom. The largest absolute Gasteiger partial charge is 0.394 e. The van der Waals surface area contributed by atoms with Crippen molar-refractivity contribution in [1.82, 2.24) is 4.98 Å². The van der Waals surface area contributed by atoms with Crippen molar-refractivity contribution in [2.75, 3.05) is 29.9 Å². The number of piperidine rings is 1. The lowest BCUT2D eigenvalue weighted by Gasteiger charge is -2.42. The molecular weight excluding hydrogens is 320 g/mol. The molecule has 2 aromatic rings. The van der Waals surface area contributed by atoms with Crippen LogP contribution in [0.4, 0.5) is 17.2 Å². The minimum atomic E-state index is -0.414. The van der Waals surface area contributed by atoms with E-state index in [1.807, 2.05) is 30.3 Å². The molecule has 3 rings (SSSR count). The normalized spacial score (nSPS) is 16.5. The number of nitro groups is 1. The highest BCUT2D eigenvalue weighted by atomic mass is 16.6. The summed E-state index contributed by atoms with van der Waals surface area (Å²) in [5.74, 6) is 0.745. The quantitative estimate of drug-likeness (QED) is 0.641. The summed E-state index contributed by atoms with van der Waals surface area (Å²) >= 11 is 0. The number of aliphatic hydroxyl groups excluding tert-OH is 1. The molecule has 25 heavy (non-hydrogen) atoms. The Labute approximate surface area is 146 Å². The third-order valence-corrected chi connectivity index (χ3v) is 4.77. The van der Waals surface area contributed by atoms with Gasteiger partial charge < -0.3 is 15.3 Å². The Hall–Kier alpha value is -2.67. The second-order valence-corrected chi connectivity index (χ2v) is 6.45. The standard InChI is InChI=1S/C18H22N4O3/c1-14-16(22(24)25)7-8-17(19-14)21-11-9-18(13-23,10-12-21)20-15-5-3-2-4-6-15/h2-8,20,23H,9-13H2,1H3. The Morgan fingerprint density at radius 3 is 2.48 bits per heavy atom. The summed E-state index contributed by atoms with van der Waals surface area (Å²) < 4.78 is 0. The fourth-order valence-corrected chi connectivity index (χ4v) is 3.22. The number of pyridine rings is 1. The smallest absolute Gasteiger partial charge is 0.290 e. The highest BCUT2D eigenvalue weighted by Gasteiger charge is 2.34. The number of hydrogen-bond donors (Lipinski definition) is 2. The van der Waals surface area contributed by atoms with Gasteiger partial charge >= 0.3 is 0 Å². The van der Waals surface area contributed by atoms with Crippen LogP contribution >= 0.6 is 0 Å². The first kappa shape index (κ1) is 17.2. The van der Waals surface area contributed by atoms with Crippen LogP contribution in [0.1, 0.15) is 18.5 Å². The molecule has 7 heteroatoms. The molecule has 1 aromatic carbocycles. The van der Waals surface area contributed by atoms with E-state index in [9.17, 15) is 15.2 Å². The molecule has 1 fully saturated rings. The van der Waals surface area contributed by atoms with Gasteiger partial charge in [-0.1, -0.05) is 18.2 Å². The van der Waals surface area contributed by atoms with Crippen LogP contribution in [0.15, 0.2) is 42.5 Å². The molecule has 1 aromatic heterocycles. The molecule has 0 atom stereocenters. The van der Waals surface area contributed by atoms with Gasteiger partial charge in [-0.05, 0) is 38.0 Å². The number of benzene rings is 1. The minimum absolute atomic E-state index is 0.0382. The number of aromatic nitrogens is 1. The molecule has 1 saturated heterocycles. The van der Waals surface area contributed by atoms with Gasteiger partial charge in [0.15, 0.2) is 0 Å². The molecule has 1 aliphatic rings. The zero-order valence-corrected chi connectivity index (χ0v) is 14.2. The van der Waals surface area contributed by atoms with Crippen molar-refractivity contribution in [3.05, 3.63) is 58.3 Å². The highest BCUT2D eigenvalue weighted by molar-refractivity contribution is 5.49. The van der Waals surface area contributed by atoms with E-state index in [0.29, 0.717) is 5.69 Å². The maximum Gasteiger partial charge on any atom is 0.290 e. The molecule has 0 radical (unpaired) electrons.